The summed E-state index contributed by atoms with van der Waals surface area (Å²) in [4.78, 5) is 16.1. The molecule has 0 unspecified atom stereocenters. The molecule has 1 amide bonds. The molecule has 3 rings (SSSR count). The second-order valence-electron chi connectivity index (χ2n) is 4.96. The van der Waals surface area contributed by atoms with Crippen molar-refractivity contribution < 1.29 is 19.1 Å². The Balaban J connectivity index is 1.52. The highest BCUT2D eigenvalue weighted by atomic mass is 32.2. The van der Waals surface area contributed by atoms with Crippen LogP contribution in [0.5, 0.6) is 11.5 Å². The van der Waals surface area contributed by atoms with E-state index < -0.39 is 0 Å². The zero-order chi connectivity index (χ0) is 17.6. The van der Waals surface area contributed by atoms with Crippen molar-refractivity contribution in [1.29, 1.82) is 0 Å². The Bertz CT molecular complexity index is 890. The van der Waals surface area contributed by atoms with Gasteiger partial charge in [0.15, 0.2) is 17.1 Å². The minimum Gasteiger partial charge on any atom is -0.504 e. The average molecular weight is 357 g/mol. The third kappa shape index (κ3) is 4.30. The van der Waals surface area contributed by atoms with Crippen molar-refractivity contribution in [2.75, 3.05) is 12.9 Å². The Labute approximate surface area is 147 Å². The fourth-order valence-electron chi connectivity index (χ4n) is 2.03. The first-order chi connectivity index (χ1) is 12.2. The van der Waals surface area contributed by atoms with E-state index in [-0.39, 0.29) is 17.4 Å². The number of nitrogens with zero attached hydrogens (tertiary/aromatic N) is 2. The van der Waals surface area contributed by atoms with Crippen molar-refractivity contribution in [2.45, 2.75) is 5.22 Å². The summed E-state index contributed by atoms with van der Waals surface area (Å²) < 4.78 is 10.5. The number of hydrogen-bond donors (Lipinski definition) is 2. The summed E-state index contributed by atoms with van der Waals surface area (Å²) in [7, 11) is 1.46. The van der Waals surface area contributed by atoms with Gasteiger partial charge in [0.05, 0.1) is 19.1 Å². The lowest BCUT2D eigenvalue weighted by molar-refractivity contribution is -0.118. The molecule has 3 aromatic rings. The molecule has 0 aliphatic carbocycles. The van der Waals surface area contributed by atoms with Crippen LogP contribution in [0.1, 0.15) is 5.56 Å². The SMILES string of the molecule is COc1cc(/C=N\NC(=O)CSc2nc3ccccc3o2)ccc1O. The number of thioether (sulfide) groups is 1. The second kappa shape index (κ2) is 7.71. The predicted molar refractivity (Wildman–Crippen MR) is 95.1 cm³/mol. The van der Waals surface area contributed by atoms with Gasteiger partial charge < -0.3 is 14.3 Å². The number of rotatable bonds is 6. The minimum atomic E-state index is -0.283. The van der Waals surface area contributed by atoms with Gasteiger partial charge in [-0.25, -0.2) is 10.4 Å². The van der Waals surface area contributed by atoms with Crippen LogP contribution < -0.4 is 10.2 Å². The molecular formula is C17H15N3O4S. The zero-order valence-electron chi connectivity index (χ0n) is 13.3. The second-order valence-corrected chi connectivity index (χ2v) is 5.89. The summed E-state index contributed by atoms with van der Waals surface area (Å²) in [5.41, 5.74) is 4.55. The first kappa shape index (κ1) is 16.8. The summed E-state index contributed by atoms with van der Waals surface area (Å²) >= 11 is 1.19. The Kier molecular flexibility index (Phi) is 5.20. The molecule has 1 aromatic heterocycles. The van der Waals surface area contributed by atoms with Crippen LogP contribution in [0.4, 0.5) is 0 Å². The Morgan fingerprint density at radius 2 is 2.24 bits per heavy atom. The number of carbonyl (C=O) groups excluding carboxylic acids is 1. The summed E-state index contributed by atoms with van der Waals surface area (Å²) in [6.07, 6.45) is 1.46. The van der Waals surface area contributed by atoms with Crippen LogP contribution in [0, 0.1) is 0 Å². The van der Waals surface area contributed by atoms with Gasteiger partial charge >= 0.3 is 0 Å². The molecule has 0 aliphatic heterocycles. The largest absolute Gasteiger partial charge is 0.504 e. The van der Waals surface area contributed by atoms with Crippen LogP contribution in [0.25, 0.3) is 11.1 Å². The lowest BCUT2D eigenvalue weighted by Gasteiger charge is -2.03. The highest BCUT2D eigenvalue weighted by molar-refractivity contribution is 7.99. The van der Waals surface area contributed by atoms with Gasteiger partial charge in [-0.15, -0.1) is 0 Å². The first-order valence-electron chi connectivity index (χ1n) is 7.33. The Hall–Kier alpha value is -3.00. The molecule has 0 bridgehead atoms. The molecule has 8 heteroatoms. The Morgan fingerprint density at radius 1 is 1.40 bits per heavy atom. The van der Waals surface area contributed by atoms with Gasteiger partial charge in [-0.3, -0.25) is 4.79 Å². The molecule has 0 radical (unpaired) electrons. The number of nitrogens with one attached hydrogen (secondary N) is 1. The summed E-state index contributed by atoms with van der Waals surface area (Å²) in [6, 6.07) is 12.2. The number of amides is 1. The smallest absolute Gasteiger partial charge is 0.257 e. The van der Waals surface area contributed by atoms with E-state index in [1.54, 1.807) is 12.1 Å². The standard InChI is InChI=1S/C17H15N3O4S/c1-23-15-8-11(6-7-13(15)21)9-18-20-16(22)10-25-17-19-12-4-2-3-5-14(12)24-17/h2-9,21H,10H2,1H3,(H,20,22)/b18-9-. The van der Waals surface area contributed by atoms with Crippen LogP contribution in [-0.4, -0.2) is 35.1 Å². The fourth-order valence-corrected chi connectivity index (χ4v) is 2.66. The molecule has 0 fully saturated rings. The lowest BCUT2D eigenvalue weighted by Crippen LogP contribution is -2.19. The van der Waals surface area contributed by atoms with Crippen LogP contribution in [0.3, 0.4) is 0 Å². The minimum absolute atomic E-state index is 0.0402. The molecule has 0 aliphatic rings. The molecule has 2 aromatic carbocycles. The number of ether oxygens (including phenoxy) is 1. The van der Waals surface area contributed by atoms with Gasteiger partial charge in [0.1, 0.15) is 5.52 Å². The molecule has 1 heterocycles. The topological polar surface area (TPSA) is 97.0 Å². The van der Waals surface area contributed by atoms with Crippen molar-refractivity contribution in [3.05, 3.63) is 48.0 Å². The van der Waals surface area contributed by atoms with Gasteiger partial charge in [-0.2, -0.15) is 5.10 Å². The van der Waals surface area contributed by atoms with E-state index in [1.165, 1.54) is 31.2 Å². The van der Waals surface area contributed by atoms with Crippen LogP contribution in [0.15, 0.2) is 57.2 Å². The van der Waals surface area contributed by atoms with Crippen molar-refractivity contribution in [3.8, 4) is 11.5 Å². The number of carbonyl (C=O) groups is 1. The fraction of sp³-hybridized carbons (Fsp3) is 0.118. The number of phenols is 1. The molecule has 2 N–H and O–H groups in total. The number of oxazole rings is 1. The van der Waals surface area contributed by atoms with E-state index >= 15 is 0 Å². The van der Waals surface area contributed by atoms with E-state index in [1.807, 2.05) is 24.3 Å². The summed E-state index contributed by atoms with van der Waals surface area (Å²) in [5.74, 6) is 0.220. The van der Waals surface area contributed by atoms with Gasteiger partial charge in [0, 0.05) is 0 Å². The van der Waals surface area contributed by atoms with Gasteiger partial charge in [-0.1, -0.05) is 23.9 Å². The van der Waals surface area contributed by atoms with Crippen LogP contribution in [-0.2, 0) is 4.79 Å². The van der Waals surface area contributed by atoms with Crippen molar-refractivity contribution in [1.82, 2.24) is 10.4 Å². The Morgan fingerprint density at radius 3 is 3.04 bits per heavy atom. The molecule has 7 nitrogen and oxygen atoms in total. The predicted octanol–water partition coefficient (Wildman–Crippen LogP) is 2.78. The van der Waals surface area contributed by atoms with Gasteiger partial charge in [0.25, 0.3) is 11.1 Å². The highest BCUT2D eigenvalue weighted by Crippen LogP contribution is 2.25. The molecule has 0 spiro atoms. The third-order valence-corrected chi connectivity index (χ3v) is 4.04. The number of benzene rings is 2. The van der Waals surface area contributed by atoms with E-state index in [2.05, 4.69) is 15.5 Å². The van der Waals surface area contributed by atoms with E-state index in [0.717, 1.165) is 5.52 Å². The number of fused-ring (bicyclic) bond motifs is 1. The molecule has 0 atom stereocenters. The molecule has 25 heavy (non-hydrogen) atoms. The number of para-hydroxylation sites is 2. The first-order valence-corrected chi connectivity index (χ1v) is 8.31. The van der Waals surface area contributed by atoms with Crippen LogP contribution >= 0.6 is 11.8 Å². The third-order valence-electron chi connectivity index (χ3n) is 3.21. The van der Waals surface area contributed by atoms with Gasteiger partial charge in [-0.05, 0) is 35.9 Å². The normalized spacial score (nSPS) is 11.1. The van der Waals surface area contributed by atoms with E-state index in [4.69, 9.17) is 9.15 Å². The van der Waals surface area contributed by atoms with E-state index in [9.17, 15) is 9.90 Å². The van der Waals surface area contributed by atoms with Crippen molar-refractivity contribution in [3.63, 3.8) is 0 Å². The lowest BCUT2D eigenvalue weighted by atomic mass is 10.2. The molecule has 0 saturated heterocycles. The van der Waals surface area contributed by atoms with Crippen molar-refractivity contribution >= 4 is 35.0 Å². The number of hydrogen-bond acceptors (Lipinski definition) is 7. The van der Waals surface area contributed by atoms with Gasteiger partial charge in [0.2, 0.25) is 0 Å². The maximum atomic E-state index is 11.8. The van der Waals surface area contributed by atoms with Crippen molar-refractivity contribution in [2.24, 2.45) is 5.10 Å². The molecule has 0 saturated carbocycles. The number of hydrazone groups is 1. The number of aromatic nitrogens is 1. The molecular weight excluding hydrogens is 342 g/mol. The number of methoxy groups -OCH3 is 1. The number of aromatic hydroxyl groups is 1. The van der Waals surface area contributed by atoms with Crippen LogP contribution in [0.2, 0.25) is 0 Å². The quantitative estimate of drug-likeness (QED) is 0.400. The molecule has 128 valence electrons. The maximum Gasteiger partial charge on any atom is 0.257 e. The summed E-state index contributed by atoms with van der Waals surface area (Å²) in [6.45, 7) is 0. The monoisotopic (exact) mass is 357 g/mol. The average Bonchev–Trinajstić information content (AvgIpc) is 3.04. The highest BCUT2D eigenvalue weighted by Gasteiger charge is 2.08. The maximum absolute atomic E-state index is 11.8. The summed E-state index contributed by atoms with van der Waals surface area (Å²) in [5, 5.41) is 13.8. The van der Waals surface area contributed by atoms with E-state index in [0.29, 0.717) is 22.1 Å². The zero-order valence-corrected chi connectivity index (χ0v) is 14.1. The number of phenolic OH excluding ortho intramolecular Hbond substituents is 1.